The number of carbonyl (C=O) groups excluding carboxylic acids is 2. The van der Waals surface area contributed by atoms with Gasteiger partial charge in [0.05, 0.1) is 12.5 Å². The molecule has 1 amide bonds. The van der Waals surface area contributed by atoms with E-state index < -0.39 is 0 Å². The molecule has 0 saturated carbocycles. The molecule has 1 aliphatic heterocycles. The molecule has 120 valence electrons. The van der Waals surface area contributed by atoms with Gasteiger partial charge in [0.25, 0.3) is 0 Å². The molecule has 1 aromatic rings. The van der Waals surface area contributed by atoms with Gasteiger partial charge >= 0.3 is 12.1 Å². The maximum absolute atomic E-state index is 12.1. The number of carbonyl (C=O) groups is 2. The quantitative estimate of drug-likeness (QED) is 0.802. The van der Waals surface area contributed by atoms with Crippen molar-refractivity contribution in [2.24, 2.45) is 5.92 Å². The molecule has 5 heteroatoms. The van der Waals surface area contributed by atoms with E-state index in [-0.39, 0.29) is 30.7 Å². The van der Waals surface area contributed by atoms with E-state index in [4.69, 9.17) is 9.47 Å². The molecule has 1 saturated heterocycles. The fraction of sp³-hybridized carbons (Fsp3) is 0.529. The van der Waals surface area contributed by atoms with Crippen molar-refractivity contribution in [3.8, 4) is 0 Å². The van der Waals surface area contributed by atoms with Gasteiger partial charge < -0.3 is 14.4 Å². The van der Waals surface area contributed by atoms with Crippen LogP contribution >= 0.6 is 0 Å². The molecule has 1 atom stereocenters. The van der Waals surface area contributed by atoms with Gasteiger partial charge in [-0.25, -0.2) is 4.79 Å². The lowest BCUT2D eigenvalue weighted by molar-refractivity contribution is -0.155. The maximum Gasteiger partial charge on any atom is 0.410 e. The number of rotatable bonds is 4. The summed E-state index contributed by atoms with van der Waals surface area (Å²) in [6.45, 7) is 4.91. The molecule has 0 spiro atoms. The average molecular weight is 305 g/mol. The molecule has 0 aromatic heterocycles. The van der Waals surface area contributed by atoms with E-state index in [0.29, 0.717) is 13.1 Å². The second kappa shape index (κ2) is 7.82. The zero-order valence-corrected chi connectivity index (χ0v) is 13.2. The van der Waals surface area contributed by atoms with Gasteiger partial charge in [-0.15, -0.1) is 0 Å². The molecule has 5 nitrogen and oxygen atoms in total. The largest absolute Gasteiger partial charge is 0.460 e. The molecule has 0 N–H and O–H groups in total. The van der Waals surface area contributed by atoms with Gasteiger partial charge in [0.15, 0.2) is 0 Å². The fourth-order valence-electron chi connectivity index (χ4n) is 2.31. The van der Waals surface area contributed by atoms with Gasteiger partial charge in [-0.2, -0.15) is 0 Å². The van der Waals surface area contributed by atoms with E-state index in [9.17, 15) is 9.59 Å². The predicted molar refractivity (Wildman–Crippen MR) is 82.2 cm³/mol. The van der Waals surface area contributed by atoms with Crippen molar-refractivity contribution in [3.05, 3.63) is 35.9 Å². The van der Waals surface area contributed by atoms with Crippen molar-refractivity contribution in [2.75, 3.05) is 13.1 Å². The third-order valence-corrected chi connectivity index (χ3v) is 3.60. The molecule has 0 radical (unpaired) electrons. The lowest BCUT2D eigenvalue weighted by Crippen LogP contribution is -2.44. The highest BCUT2D eigenvalue weighted by Gasteiger charge is 2.27. The Kier molecular flexibility index (Phi) is 5.81. The Bertz CT molecular complexity index is 501. The molecule has 0 bridgehead atoms. The lowest BCUT2D eigenvalue weighted by atomic mass is 10.1. The summed E-state index contributed by atoms with van der Waals surface area (Å²) in [7, 11) is 0. The first-order chi connectivity index (χ1) is 10.6. The van der Waals surface area contributed by atoms with Crippen LogP contribution in [-0.2, 0) is 20.9 Å². The molecular formula is C17H23NO4. The monoisotopic (exact) mass is 305 g/mol. The van der Waals surface area contributed by atoms with Crippen LogP contribution in [-0.4, -0.2) is 36.2 Å². The minimum atomic E-state index is -0.353. The maximum atomic E-state index is 12.1. The zero-order chi connectivity index (χ0) is 15.9. The van der Waals surface area contributed by atoms with Crippen LogP contribution in [0, 0.1) is 5.92 Å². The van der Waals surface area contributed by atoms with Gasteiger partial charge in [-0.3, -0.25) is 4.79 Å². The molecule has 0 aliphatic carbocycles. The number of esters is 1. The van der Waals surface area contributed by atoms with Crippen LogP contribution in [0.5, 0.6) is 0 Å². The van der Waals surface area contributed by atoms with Crippen molar-refractivity contribution in [3.63, 3.8) is 0 Å². The Hall–Kier alpha value is -2.04. The summed E-state index contributed by atoms with van der Waals surface area (Å²) in [4.78, 5) is 25.4. The first-order valence-corrected chi connectivity index (χ1v) is 7.72. The number of benzene rings is 1. The Labute approximate surface area is 131 Å². The lowest BCUT2D eigenvalue weighted by Gasteiger charge is -2.32. The molecule has 1 aromatic carbocycles. The highest BCUT2D eigenvalue weighted by Crippen LogP contribution is 2.16. The molecular weight excluding hydrogens is 282 g/mol. The van der Waals surface area contributed by atoms with Crippen LogP contribution in [0.1, 0.15) is 32.3 Å². The molecule has 1 unspecified atom stereocenters. The van der Waals surface area contributed by atoms with E-state index in [0.717, 1.165) is 18.4 Å². The molecule has 1 heterocycles. The summed E-state index contributed by atoms with van der Waals surface area (Å²) in [6.07, 6.45) is 1.03. The highest BCUT2D eigenvalue weighted by molar-refractivity contribution is 5.72. The minimum Gasteiger partial charge on any atom is -0.460 e. The predicted octanol–water partition coefficient (Wildman–Crippen LogP) is 2.99. The van der Waals surface area contributed by atoms with Gasteiger partial charge in [-0.1, -0.05) is 44.2 Å². The number of hydrogen-bond acceptors (Lipinski definition) is 4. The molecule has 1 aliphatic rings. The van der Waals surface area contributed by atoms with E-state index in [1.54, 1.807) is 18.7 Å². The van der Waals surface area contributed by atoms with Crippen molar-refractivity contribution < 1.29 is 19.1 Å². The summed E-state index contributed by atoms with van der Waals surface area (Å²) in [6, 6.07) is 9.56. The Balaban J connectivity index is 1.81. The summed E-state index contributed by atoms with van der Waals surface area (Å²) in [5, 5.41) is 0. The normalized spacial score (nSPS) is 18.1. The number of hydrogen-bond donors (Lipinski definition) is 0. The van der Waals surface area contributed by atoms with Crippen molar-refractivity contribution in [2.45, 2.75) is 39.4 Å². The minimum absolute atomic E-state index is 0.152. The Morgan fingerprint density at radius 3 is 2.68 bits per heavy atom. The highest BCUT2D eigenvalue weighted by atomic mass is 16.6. The number of piperidine rings is 1. The fourth-order valence-corrected chi connectivity index (χ4v) is 2.31. The third-order valence-electron chi connectivity index (χ3n) is 3.60. The van der Waals surface area contributed by atoms with Crippen molar-refractivity contribution >= 4 is 12.1 Å². The molecule has 22 heavy (non-hydrogen) atoms. The van der Waals surface area contributed by atoms with Crippen molar-refractivity contribution in [1.82, 2.24) is 4.90 Å². The standard InChI is InChI=1S/C17H23NO4/c1-13(2)16(19)22-15-9-6-10-18(11-15)17(20)21-12-14-7-4-3-5-8-14/h3-5,7-8,13,15H,6,9-12H2,1-2H3. The van der Waals surface area contributed by atoms with E-state index in [2.05, 4.69) is 0 Å². The van der Waals surface area contributed by atoms with Crippen molar-refractivity contribution in [1.29, 1.82) is 0 Å². The first kappa shape index (κ1) is 16.3. The van der Waals surface area contributed by atoms with E-state index in [1.807, 2.05) is 30.3 Å². The molecule has 2 rings (SSSR count). The van der Waals surface area contributed by atoms with Crippen LogP contribution in [0.2, 0.25) is 0 Å². The number of likely N-dealkylation sites (tertiary alicyclic amines) is 1. The van der Waals surface area contributed by atoms with Gasteiger partial charge in [-0.05, 0) is 18.4 Å². The van der Waals surface area contributed by atoms with Gasteiger partial charge in [0.1, 0.15) is 12.7 Å². The SMILES string of the molecule is CC(C)C(=O)OC1CCCN(C(=O)OCc2ccccc2)C1. The summed E-state index contributed by atoms with van der Waals surface area (Å²) in [5.74, 6) is -0.370. The summed E-state index contributed by atoms with van der Waals surface area (Å²) >= 11 is 0. The smallest absolute Gasteiger partial charge is 0.410 e. The topological polar surface area (TPSA) is 55.8 Å². The Morgan fingerprint density at radius 1 is 1.27 bits per heavy atom. The van der Waals surface area contributed by atoms with Gasteiger partial charge in [0.2, 0.25) is 0 Å². The van der Waals surface area contributed by atoms with Crippen LogP contribution in [0.3, 0.4) is 0 Å². The van der Waals surface area contributed by atoms with Crippen LogP contribution < -0.4 is 0 Å². The number of ether oxygens (including phenoxy) is 2. The van der Waals surface area contributed by atoms with E-state index in [1.165, 1.54) is 0 Å². The summed E-state index contributed by atoms with van der Waals surface area (Å²) < 4.78 is 10.7. The number of nitrogens with zero attached hydrogens (tertiary/aromatic N) is 1. The first-order valence-electron chi connectivity index (χ1n) is 7.72. The van der Waals surface area contributed by atoms with Gasteiger partial charge in [0, 0.05) is 6.54 Å². The van der Waals surface area contributed by atoms with Crippen LogP contribution in [0.4, 0.5) is 4.79 Å². The second-order valence-electron chi connectivity index (χ2n) is 5.84. The average Bonchev–Trinajstić information content (AvgIpc) is 2.53. The summed E-state index contributed by atoms with van der Waals surface area (Å²) in [5.41, 5.74) is 0.954. The van der Waals surface area contributed by atoms with Crippen LogP contribution in [0.15, 0.2) is 30.3 Å². The van der Waals surface area contributed by atoms with Crippen LogP contribution in [0.25, 0.3) is 0 Å². The Morgan fingerprint density at radius 2 is 2.00 bits per heavy atom. The number of amides is 1. The second-order valence-corrected chi connectivity index (χ2v) is 5.84. The third kappa shape index (κ3) is 4.76. The molecule has 1 fully saturated rings. The zero-order valence-electron chi connectivity index (χ0n) is 13.2. The van der Waals surface area contributed by atoms with E-state index >= 15 is 0 Å².